The summed E-state index contributed by atoms with van der Waals surface area (Å²) in [6, 6.07) is 7.20. The number of hydrogen-bond donors (Lipinski definition) is 1. The van der Waals surface area contributed by atoms with Crippen LogP contribution in [-0.4, -0.2) is 48.8 Å². The van der Waals surface area contributed by atoms with Crippen molar-refractivity contribution in [2.24, 2.45) is 5.92 Å². The van der Waals surface area contributed by atoms with Gasteiger partial charge in [0.25, 0.3) is 0 Å². The van der Waals surface area contributed by atoms with Crippen LogP contribution in [0.2, 0.25) is 0 Å². The average Bonchev–Trinajstić information content (AvgIpc) is 3.03. The normalized spacial score (nSPS) is 31.7. The summed E-state index contributed by atoms with van der Waals surface area (Å²) in [7, 11) is 1.61. The van der Waals surface area contributed by atoms with E-state index in [9.17, 15) is 9.90 Å². The molecular weight excluding hydrogens is 334 g/mol. The van der Waals surface area contributed by atoms with E-state index in [0.29, 0.717) is 6.61 Å². The van der Waals surface area contributed by atoms with E-state index in [1.807, 2.05) is 24.3 Å². The first-order valence-electron chi connectivity index (χ1n) is 9.52. The van der Waals surface area contributed by atoms with E-state index in [4.69, 9.17) is 14.2 Å². The molecule has 0 radical (unpaired) electrons. The van der Waals surface area contributed by atoms with Crippen LogP contribution < -0.4 is 9.64 Å². The first-order chi connectivity index (χ1) is 12.5. The Morgan fingerprint density at radius 3 is 2.54 bits per heavy atom. The van der Waals surface area contributed by atoms with Gasteiger partial charge in [0.15, 0.2) is 5.79 Å². The Balaban J connectivity index is 1.57. The van der Waals surface area contributed by atoms with Gasteiger partial charge in [-0.25, -0.2) is 0 Å². The zero-order chi connectivity index (χ0) is 18.3. The number of anilines is 1. The van der Waals surface area contributed by atoms with E-state index < -0.39 is 17.8 Å². The van der Waals surface area contributed by atoms with Crippen molar-refractivity contribution < 1.29 is 24.1 Å². The fourth-order valence-electron chi connectivity index (χ4n) is 4.56. The lowest BCUT2D eigenvalue weighted by Crippen LogP contribution is -2.69. The summed E-state index contributed by atoms with van der Waals surface area (Å²) in [6.45, 7) is 2.14. The Morgan fingerprint density at radius 1 is 1.23 bits per heavy atom. The quantitative estimate of drug-likeness (QED) is 0.835. The van der Waals surface area contributed by atoms with Gasteiger partial charge in [0.1, 0.15) is 11.9 Å². The predicted octanol–water partition coefficient (Wildman–Crippen LogP) is 2.48. The zero-order valence-electron chi connectivity index (χ0n) is 15.4. The number of rotatable bonds is 4. The van der Waals surface area contributed by atoms with Crippen LogP contribution in [0.15, 0.2) is 24.3 Å². The summed E-state index contributed by atoms with van der Waals surface area (Å²) in [5.74, 6) is -0.268. The number of nitrogens with zero attached hydrogens (tertiary/aromatic N) is 1. The molecule has 3 fully saturated rings. The van der Waals surface area contributed by atoms with Crippen molar-refractivity contribution in [2.45, 2.75) is 63.1 Å². The van der Waals surface area contributed by atoms with E-state index >= 15 is 0 Å². The molecule has 4 atom stereocenters. The highest BCUT2D eigenvalue weighted by Gasteiger charge is 2.58. The molecule has 6 nitrogen and oxygen atoms in total. The maximum absolute atomic E-state index is 12.7. The largest absolute Gasteiger partial charge is 0.497 e. The molecule has 0 aromatic heterocycles. The van der Waals surface area contributed by atoms with Crippen LogP contribution in [0.3, 0.4) is 0 Å². The van der Waals surface area contributed by atoms with Gasteiger partial charge in [-0.2, -0.15) is 0 Å². The highest BCUT2D eigenvalue weighted by Crippen LogP contribution is 2.44. The van der Waals surface area contributed by atoms with Gasteiger partial charge >= 0.3 is 0 Å². The van der Waals surface area contributed by atoms with Gasteiger partial charge in [-0.1, -0.05) is 6.42 Å². The summed E-state index contributed by atoms with van der Waals surface area (Å²) < 4.78 is 17.6. The lowest BCUT2D eigenvalue weighted by atomic mass is 9.79. The van der Waals surface area contributed by atoms with E-state index in [-0.39, 0.29) is 18.1 Å². The number of hydrogen-bond acceptors (Lipinski definition) is 5. The summed E-state index contributed by atoms with van der Waals surface area (Å²) in [6.07, 6.45) is 4.32. The SMILES string of the molecule is COc1ccc(N2C(=O)[C@H]([C@@H](C)O)[C@H]2[C@H]2COC3(CCCCC3)O2)cc1. The van der Waals surface area contributed by atoms with Gasteiger partial charge < -0.3 is 24.2 Å². The minimum Gasteiger partial charge on any atom is -0.497 e. The van der Waals surface area contributed by atoms with Gasteiger partial charge in [0.2, 0.25) is 5.91 Å². The second-order valence-corrected chi connectivity index (χ2v) is 7.60. The van der Waals surface area contributed by atoms with Crippen molar-refractivity contribution >= 4 is 11.6 Å². The minimum absolute atomic E-state index is 0.0663. The van der Waals surface area contributed by atoms with Crippen molar-refractivity contribution in [3.8, 4) is 5.75 Å². The van der Waals surface area contributed by atoms with Crippen LogP contribution in [0.4, 0.5) is 5.69 Å². The van der Waals surface area contributed by atoms with Crippen molar-refractivity contribution in [1.29, 1.82) is 0 Å². The first kappa shape index (κ1) is 17.8. The number of aliphatic hydroxyl groups excluding tert-OH is 1. The molecule has 0 unspecified atom stereocenters. The number of aliphatic hydroxyl groups is 1. The van der Waals surface area contributed by atoms with Crippen LogP contribution >= 0.6 is 0 Å². The highest BCUT2D eigenvalue weighted by molar-refractivity contribution is 6.03. The van der Waals surface area contributed by atoms with Crippen LogP contribution in [0.1, 0.15) is 39.0 Å². The number of methoxy groups -OCH3 is 1. The third-order valence-corrected chi connectivity index (χ3v) is 5.93. The van der Waals surface area contributed by atoms with Crippen LogP contribution in [0.25, 0.3) is 0 Å². The summed E-state index contributed by atoms with van der Waals surface area (Å²) >= 11 is 0. The number of amides is 1. The van der Waals surface area contributed by atoms with Gasteiger partial charge in [-0.3, -0.25) is 4.79 Å². The zero-order valence-corrected chi connectivity index (χ0v) is 15.4. The molecule has 1 aromatic rings. The molecule has 2 saturated heterocycles. The molecule has 0 bridgehead atoms. The maximum atomic E-state index is 12.7. The molecule has 26 heavy (non-hydrogen) atoms. The summed E-state index contributed by atoms with van der Waals surface area (Å²) in [5, 5.41) is 10.2. The summed E-state index contributed by atoms with van der Waals surface area (Å²) in [4.78, 5) is 14.5. The van der Waals surface area contributed by atoms with Gasteiger partial charge in [0, 0.05) is 18.5 Å². The molecule has 1 aromatic carbocycles. The molecular formula is C20H27NO5. The van der Waals surface area contributed by atoms with Gasteiger partial charge in [-0.15, -0.1) is 0 Å². The van der Waals surface area contributed by atoms with Crippen LogP contribution in [-0.2, 0) is 14.3 Å². The molecule has 1 saturated carbocycles. The number of ether oxygens (including phenoxy) is 3. The average molecular weight is 361 g/mol. The molecule has 2 heterocycles. The number of carbonyl (C=O) groups is 1. The van der Waals surface area contributed by atoms with Crippen molar-refractivity contribution in [3.05, 3.63) is 24.3 Å². The molecule has 2 aliphatic heterocycles. The monoisotopic (exact) mass is 361 g/mol. The fourth-order valence-corrected chi connectivity index (χ4v) is 4.56. The van der Waals surface area contributed by atoms with Crippen molar-refractivity contribution in [1.82, 2.24) is 0 Å². The third kappa shape index (κ3) is 2.90. The Kier molecular flexibility index (Phi) is 4.67. The second-order valence-electron chi connectivity index (χ2n) is 7.60. The number of carbonyl (C=O) groups excluding carboxylic acids is 1. The first-order valence-corrected chi connectivity index (χ1v) is 9.52. The topological polar surface area (TPSA) is 68.2 Å². The molecule has 142 valence electrons. The number of benzene rings is 1. The molecule has 6 heteroatoms. The fraction of sp³-hybridized carbons (Fsp3) is 0.650. The third-order valence-electron chi connectivity index (χ3n) is 5.93. The molecule has 1 amide bonds. The maximum Gasteiger partial charge on any atom is 0.235 e. The van der Waals surface area contributed by atoms with Crippen LogP contribution in [0, 0.1) is 5.92 Å². The molecule has 4 rings (SSSR count). The van der Waals surface area contributed by atoms with Gasteiger partial charge in [0.05, 0.1) is 31.8 Å². The summed E-state index contributed by atoms with van der Waals surface area (Å²) in [5.41, 5.74) is 0.797. The predicted molar refractivity (Wildman–Crippen MR) is 96.1 cm³/mol. The molecule has 3 aliphatic rings. The Bertz CT molecular complexity index is 653. The molecule has 1 aliphatic carbocycles. The van der Waals surface area contributed by atoms with Crippen LogP contribution in [0.5, 0.6) is 5.75 Å². The standard InChI is InChI=1S/C20H27NO5/c1-13(22)17-18(16-12-25-20(26-16)10-4-3-5-11-20)21(19(17)23)14-6-8-15(24-2)9-7-14/h6-9,13,16-18,22H,3-5,10-12H2,1-2H3/t13-,16-,17-,18-/m1/s1. The highest BCUT2D eigenvalue weighted by atomic mass is 16.7. The smallest absolute Gasteiger partial charge is 0.235 e. The molecule has 1 N–H and O–H groups in total. The molecule has 1 spiro atoms. The van der Waals surface area contributed by atoms with E-state index in [1.54, 1.807) is 18.9 Å². The second kappa shape index (κ2) is 6.83. The Hall–Kier alpha value is -1.63. The van der Waals surface area contributed by atoms with E-state index in [0.717, 1.165) is 37.1 Å². The van der Waals surface area contributed by atoms with Crippen molar-refractivity contribution in [2.75, 3.05) is 18.6 Å². The van der Waals surface area contributed by atoms with E-state index in [1.165, 1.54) is 6.42 Å². The van der Waals surface area contributed by atoms with Crippen molar-refractivity contribution in [3.63, 3.8) is 0 Å². The lowest BCUT2D eigenvalue weighted by Gasteiger charge is -2.50. The Morgan fingerprint density at radius 2 is 1.92 bits per heavy atom. The Labute approximate surface area is 154 Å². The minimum atomic E-state index is -0.714. The number of β-lactam (4-membered cyclic amide) rings is 1. The lowest BCUT2D eigenvalue weighted by molar-refractivity contribution is -0.193. The van der Waals surface area contributed by atoms with Gasteiger partial charge in [-0.05, 0) is 44.0 Å². The van der Waals surface area contributed by atoms with E-state index in [2.05, 4.69) is 0 Å².